The van der Waals surface area contributed by atoms with E-state index < -0.39 is 5.97 Å². The lowest BCUT2D eigenvalue weighted by atomic mass is 9.95. The van der Waals surface area contributed by atoms with E-state index in [0.29, 0.717) is 11.3 Å². The Morgan fingerprint density at radius 1 is 1.18 bits per heavy atom. The maximum Gasteiger partial charge on any atom is 0.359 e. The molecule has 0 fully saturated rings. The summed E-state index contributed by atoms with van der Waals surface area (Å²) in [7, 11) is 0. The minimum Gasteiger partial charge on any atom is -0.456 e. The van der Waals surface area contributed by atoms with Crippen LogP contribution in [0.15, 0.2) is 48.5 Å². The molecule has 0 saturated heterocycles. The number of esters is 1. The van der Waals surface area contributed by atoms with Crippen LogP contribution in [0.5, 0.6) is 0 Å². The van der Waals surface area contributed by atoms with Crippen molar-refractivity contribution >= 4 is 5.97 Å². The summed E-state index contributed by atoms with van der Waals surface area (Å²) in [5.74, 6) is -0.801. The SMILES string of the molecule is N#Cc1cccc(COC(=O)c2nn(-c3ccc(F)cc3)c3c2CCCC3)c1. The Kier molecular flexibility index (Phi) is 4.90. The van der Waals surface area contributed by atoms with Crippen LogP contribution in [0, 0.1) is 17.1 Å². The van der Waals surface area contributed by atoms with Gasteiger partial charge >= 0.3 is 5.97 Å². The lowest BCUT2D eigenvalue weighted by Gasteiger charge is -2.14. The third-order valence-corrected chi connectivity index (χ3v) is 4.87. The molecular formula is C22H18FN3O2. The maximum atomic E-state index is 13.3. The van der Waals surface area contributed by atoms with Crippen LogP contribution >= 0.6 is 0 Å². The lowest BCUT2D eigenvalue weighted by molar-refractivity contribution is 0.0463. The molecule has 3 aromatic rings. The van der Waals surface area contributed by atoms with E-state index in [2.05, 4.69) is 11.2 Å². The molecule has 1 aliphatic carbocycles. The van der Waals surface area contributed by atoms with Gasteiger partial charge < -0.3 is 4.74 Å². The molecule has 0 spiro atoms. The van der Waals surface area contributed by atoms with E-state index in [9.17, 15) is 9.18 Å². The van der Waals surface area contributed by atoms with Gasteiger partial charge in [0.1, 0.15) is 12.4 Å². The van der Waals surface area contributed by atoms with E-state index in [1.54, 1.807) is 41.1 Å². The fourth-order valence-electron chi connectivity index (χ4n) is 3.51. The monoisotopic (exact) mass is 375 g/mol. The molecule has 0 atom stereocenters. The molecule has 0 N–H and O–H groups in total. The zero-order valence-electron chi connectivity index (χ0n) is 15.2. The van der Waals surface area contributed by atoms with E-state index >= 15 is 0 Å². The average molecular weight is 375 g/mol. The van der Waals surface area contributed by atoms with Crippen LogP contribution in [0.4, 0.5) is 4.39 Å². The molecule has 140 valence electrons. The van der Waals surface area contributed by atoms with Crippen molar-refractivity contribution in [2.45, 2.75) is 32.3 Å². The Labute approximate surface area is 162 Å². The van der Waals surface area contributed by atoms with Gasteiger partial charge in [-0.15, -0.1) is 0 Å². The number of fused-ring (bicyclic) bond motifs is 1. The number of ether oxygens (including phenoxy) is 1. The van der Waals surface area contributed by atoms with E-state index in [1.165, 1.54) is 12.1 Å². The summed E-state index contributed by atoms with van der Waals surface area (Å²) < 4.78 is 20.5. The highest BCUT2D eigenvalue weighted by atomic mass is 19.1. The number of carbonyl (C=O) groups excluding carboxylic acids is 1. The van der Waals surface area contributed by atoms with Gasteiger partial charge in [0.05, 0.1) is 17.3 Å². The first kappa shape index (κ1) is 17.9. The summed E-state index contributed by atoms with van der Waals surface area (Å²) in [4.78, 5) is 12.7. The number of hydrogen-bond donors (Lipinski definition) is 0. The second-order valence-electron chi connectivity index (χ2n) is 6.76. The molecule has 28 heavy (non-hydrogen) atoms. The second-order valence-corrected chi connectivity index (χ2v) is 6.76. The predicted molar refractivity (Wildman–Crippen MR) is 100 cm³/mol. The van der Waals surface area contributed by atoms with Crippen molar-refractivity contribution in [3.63, 3.8) is 0 Å². The molecule has 1 heterocycles. The van der Waals surface area contributed by atoms with Crippen molar-refractivity contribution < 1.29 is 13.9 Å². The van der Waals surface area contributed by atoms with Gasteiger partial charge in [0.2, 0.25) is 0 Å². The normalized spacial score (nSPS) is 12.9. The Morgan fingerprint density at radius 2 is 1.96 bits per heavy atom. The van der Waals surface area contributed by atoms with Gasteiger partial charge in [0.25, 0.3) is 0 Å². The molecule has 4 rings (SSSR count). The molecule has 0 unspecified atom stereocenters. The number of carbonyl (C=O) groups is 1. The van der Waals surface area contributed by atoms with Crippen LogP contribution in [-0.4, -0.2) is 15.7 Å². The highest BCUT2D eigenvalue weighted by molar-refractivity contribution is 5.89. The molecular weight excluding hydrogens is 357 g/mol. The zero-order chi connectivity index (χ0) is 19.5. The first-order valence-electron chi connectivity index (χ1n) is 9.18. The van der Waals surface area contributed by atoms with Crippen molar-refractivity contribution in [1.82, 2.24) is 9.78 Å². The molecule has 1 aliphatic rings. The summed E-state index contributed by atoms with van der Waals surface area (Å²) in [6.07, 6.45) is 3.60. The van der Waals surface area contributed by atoms with Crippen LogP contribution in [0.1, 0.15) is 45.7 Å². The van der Waals surface area contributed by atoms with Gasteiger partial charge in [-0.25, -0.2) is 13.9 Å². The fourth-order valence-corrected chi connectivity index (χ4v) is 3.51. The average Bonchev–Trinajstić information content (AvgIpc) is 3.12. The van der Waals surface area contributed by atoms with Crippen molar-refractivity contribution in [2.75, 3.05) is 0 Å². The molecule has 0 amide bonds. The molecule has 6 heteroatoms. The van der Waals surface area contributed by atoms with Crippen molar-refractivity contribution in [1.29, 1.82) is 5.26 Å². The van der Waals surface area contributed by atoms with Gasteiger partial charge in [0, 0.05) is 11.3 Å². The van der Waals surface area contributed by atoms with E-state index in [-0.39, 0.29) is 12.4 Å². The number of benzene rings is 2. The Hall–Kier alpha value is -3.46. The summed E-state index contributed by atoms with van der Waals surface area (Å²) in [6.45, 7) is 0.0759. The smallest absolute Gasteiger partial charge is 0.359 e. The number of aromatic nitrogens is 2. The summed E-state index contributed by atoms with van der Waals surface area (Å²) in [5.41, 5.74) is 4.20. The minimum atomic E-state index is -0.485. The van der Waals surface area contributed by atoms with Crippen LogP contribution in [0.25, 0.3) is 5.69 Å². The predicted octanol–water partition coefficient (Wildman–Crippen LogP) is 4.12. The van der Waals surface area contributed by atoms with Crippen molar-refractivity contribution in [3.8, 4) is 11.8 Å². The maximum absolute atomic E-state index is 13.3. The van der Waals surface area contributed by atoms with E-state index in [4.69, 9.17) is 10.00 Å². The quantitative estimate of drug-likeness (QED) is 0.644. The number of halogens is 1. The topological polar surface area (TPSA) is 67.9 Å². The Morgan fingerprint density at radius 3 is 2.75 bits per heavy atom. The lowest BCUT2D eigenvalue weighted by Crippen LogP contribution is -2.10. The highest BCUT2D eigenvalue weighted by Gasteiger charge is 2.26. The van der Waals surface area contributed by atoms with Gasteiger partial charge in [-0.3, -0.25) is 0 Å². The second kappa shape index (κ2) is 7.65. The molecule has 1 aromatic heterocycles. The summed E-state index contributed by atoms with van der Waals surface area (Å²) in [6, 6.07) is 15.1. The van der Waals surface area contributed by atoms with Gasteiger partial charge in [0.15, 0.2) is 5.69 Å². The molecule has 5 nitrogen and oxygen atoms in total. The molecule has 0 aliphatic heterocycles. The van der Waals surface area contributed by atoms with Crippen molar-refractivity contribution in [3.05, 3.63) is 82.4 Å². The van der Waals surface area contributed by atoms with Crippen LogP contribution in [-0.2, 0) is 24.2 Å². The number of nitrogens with zero attached hydrogens (tertiary/aromatic N) is 3. The van der Waals surface area contributed by atoms with Crippen molar-refractivity contribution in [2.24, 2.45) is 0 Å². The summed E-state index contributed by atoms with van der Waals surface area (Å²) in [5, 5.41) is 13.5. The molecule has 2 aromatic carbocycles. The van der Waals surface area contributed by atoms with Gasteiger partial charge in [-0.05, 0) is 67.6 Å². The van der Waals surface area contributed by atoms with Gasteiger partial charge in [-0.2, -0.15) is 10.4 Å². The standard InChI is InChI=1S/C22H18FN3O2/c23-17-8-10-18(11-9-17)26-20-7-2-1-6-19(20)21(25-26)22(27)28-14-16-5-3-4-15(12-16)13-24/h3-5,8-12H,1-2,6-7,14H2. The molecule has 0 radical (unpaired) electrons. The first-order valence-corrected chi connectivity index (χ1v) is 9.18. The zero-order valence-corrected chi connectivity index (χ0v) is 15.2. The van der Waals surface area contributed by atoms with Crippen LogP contribution in [0.3, 0.4) is 0 Å². The highest BCUT2D eigenvalue weighted by Crippen LogP contribution is 2.27. The van der Waals surface area contributed by atoms with E-state index in [1.807, 2.05) is 0 Å². The van der Waals surface area contributed by atoms with Crippen LogP contribution < -0.4 is 0 Å². The Bertz CT molecular complexity index is 1060. The summed E-state index contributed by atoms with van der Waals surface area (Å²) >= 11 is 0. The van der Waals surface area contributed by atoms with E-state index in [0.717, 1.165) is 48.2 Å². The van der Waals surface area contributed by atoms with Gasteiger partial charge in [-0.1, -0.05) is 12.1 Å². The number of rotatable bonds is 4. The molecule has 0 saturated carbocycles. The fraction of sp³-hybridized carbons (Fsp3) is 0.227. The number of nitriles is 1. The Balaban J connectivity index is 1.61. The minimum absolute atomic E-state index is 0.0759. The molecule has 0 bridgehead atoms. The van der Waals surface area contributed by atoms with Crippen LogP contribution in [0.2, 0.25) is 0 Å². The number of hydrogen-bond acceptors (Lipinski definition) is 4. The largest absolute Gasteiger partial charge is 0.456 e. The first-order chi connectivity index (χ1) is 13.7. The third kappa shape index (κ3) is 3.52. The third-order valence-electron chi connectivity index (χ3n) is 4.87.